The Balaban J connectivity index is 1.55. The molecule has 9 heteroatoms. The number of nitro benzene ring substituents is 1. The molecule has 0 saturated carbocycles. The van der Waals surface area contributed by atoms with Gasteiger partial charge in [0, 0.05) is 29.1 Å². The highest BCUT2D eigenvalue weighted by atomic mass is 19.1. The predicted octanol–water partition coefficient (Wildman–Crippen LogP) is 6.15. The SMILES string of the molecule is Cc1cc(C(=O)C(C#N)=Cc2ccc(OC(=O)c3cccc([N+](=O)[O-])c3)cc2)c(C)n1-c1ccccc1F. The van der Waals surface area contributed by atoms with Crippen LogP contribution in [0.3, 0.4) is 0 Å². The molecule has 0 bridgehead atoms. The number of carbonyl (C=O) groups excluding carboxylic acids is 2. The molecule has 1 aromatic heterocycles. The van der Waals surface area contributed by atoms with Gasteiger partial charge in [0.1, 0.15) is 23.2 Å². The van der Waals surface area contributed by atoms with Gasteiger partial charge in [-0.1, -0.05) is 30.3 Å². The topological polar surface area (TPSA) is 115 Å². The third-order valence-electron chi connectivity index (χ3n) is 5.83. The highest BCUT2D eigenvalue weighted by Gasteiger charge is 2.21. The Morgan fingerprint density at radius 1 is 1.03 bits per heavy atom. The number of Topliss-reactive ketones (excluding diaryl/α,β-unsaturated/α-hetero) is 1. The number of nitrogens with zero attached hydrogens (tertiary/aromatic N) is 3. The number of halogens is 1. The average Bonchev–Trinajstić information content (AvgIpc) is 3.21. The first-order valence-electron chi connectivity index (χ1n) is 11.4. The molecule has 0 spiro atoms. The van der Waals surface area contributed by atoms with E-state index >= 15 is 0 Å². The van der Waals surface area contributed by atoms with Crippen molar-refractivity contribution in [3.8, 4) is 17.5 Å². The zero-order valence-corrected chi connectivity index (χ0v) is 20.3. The third kappa shape index (κ3) is 5.24. The van der Waals surface area contributed by atoms with Gasteiger partial charge in [-0.15, -0.1) is 0 Å². The van der Waals surface area contributed by atoms with Crippen molar-refractivity contribution in [1.29, 1.82) is 5.26 Å². The van der Waals surface area contributed by atoms with E-state index in [0.29, 0.717) is 22.6 Å². The molecule has 4 aromatic rings. The van der Waals surface area contributed by atoms with E-state index in [1.54, 1.807) is 54.8 Å². The zero-order valence-electron chi connectivity index (χ0n) is 20.3. The molecule has 188 valence electrons. The van der Waals surface area contributed by atoms with E-state index in [1.807, 2.05) is 6.07 Å². The summed E-state index contributed by atoms with van der Waals surface area (Å²) in [5, 5.41) is 20.6. The predicted molar refractivity (Wildman–Crippen MR) is 138 cm³/mol. The summed E-state index contributed by atoms with van der Waals surface area (Å²) in [6.45, 7) is 3.44. The van der Waals surface area contributed by atoms with Crippen molar-refractivity contribution in [2.75, 3.05) is 0 Å². The van der Waals surface area contributed by atoms with Gasteiger partial charge in [0.15, 0.2) is 0 Å². The molecule has 1 heterocycles. The molecule has 4 rings (SSSR count). The van der Waals surface area contributed by atoms with E-state index in [9.17, 15) is 29.4 Å². The Hall–Kier alpha value is -5.36. The second-order valence-electron chi connectivity index (χ2n) is 8.34. The lowest BCUT2D eigenvalue weighted by atomic mass is 10.0. The van der Waals surface area contributed by atoms with Crippen molar-refractivity contribution in [2.45, 2.75) is 13.8 Å². The van der Waals surface area contributed by atoms with Crippen LogP contribution in [0.5, 0.6) is 5.75 Å². The number of aryl methyl sites for hydroxylation is 1. The number of carbonyl (C=O) groups is 2. The van der Waals surface area contributed by atoms with Gasteiger partial charge in [-0.25, -0.2) is 9.18 Å². The number of rotatable bonds is 7. The molecule has 0 N–H and O–H groups in total. The van der Waals surface area contributed by atoms with Crippen LogP contribution >= 0.6 is 0 Å². The van der Waals surface area contributed by atoms with E-state index < -0.39 is 22.5 Å². The molecule has 0 aliphatic rings. The van der Waals surface area contributed by atoms with E-state index in [1.165, 1.54) is 42.5 Å². The van der Waals surface area contributed by atoms with Gasteiger partial charge in [-0.3, -0.25) is 14.9 Å². The van der Waals surface area contributed by atoms with E-state index in [4.69, 9.17) is 4.74 Å². The number of ketones is 1. The van der Waals surface area contributed by atoms with Crippen LogP contribution in [-0.4, -0.2) is 21.2 Å². The van der Waals surface area contributed by atoms with Gasteiger partial charge in [-0.05, 0) is 61.9 Å². The van der Waals surface area contributed by atoms with Crippen molar-refractivity contribution in [3.63, 3.8) is 0 Å². The van der Waals surface area contributed by atoms with Gasteiger partial charge >= 0.3 is 5.97 Å². The maximum Gasteiger partial charge on any atom is 0.343 e. The van der Waals surface area contributed by atoms with Crippen molar-refractivity contribution < 1.29 is 23.6 Å². The Bertz CT molecular complexity index is 1650. The van der Waals surface area contributed by atoms with Crippen molar-refractivity contribution >= 4 is 23.5 Å². The number of nitriles is 1. The number of non-ortho nitro benzene ring substituents is 1. The molecule has 0 amide bonds. The maximum atomic E-state index is 14.4. The molecule has 0 fully saturated rings. The highest BCUT2D eigenvalue weighted by Crippen LogP contribution is 2.25. The Morgan fingerprint density at radius 3 is 2.39 bits per heavy atom. The number of allylic oxidation sites excluding steroid dienone is 1. The van der Waals surface area contributed by atoms with Crippen LogP contribution in [0.15, 0.2) is 84.4 Å². The molecule has 0 saturated heterocycles. The van der Waals surface area contributed by atoms with Crippen LogP contribution in [0, 0.1) is 41.1 Å². The first-order valence-corrected chi connectivity index (χ1v) is 11.4. The molecular weight excluding hydrogens is 489 g/mol. The van der Waals surface area contributed by atoms with Gasteiger partial charge in [-0.2, -0.15) is 5.26 Å². The lowest BCUT2D eigenvalue weighted by Gasteiger charge is -2.10. The molecular formula is C29H20FN3O5. The number of ether oxygens (including phenoxy) is 1. The molecule has 0 atom stereocenters. The Labute approximate surface area is 217 Å². The molecule has 0 aliphatic carbocycles. The monoisotopic (exact) mass is 509 g/mol. The smallest absolute Gasteiger partial charge is 0.343 e. The number of esters is 1. The highest BCUT2D eigenvalue weighted by molar-refractivity contribution is 6.14. The number of nitro groups is 1. The van der Waals surface area contributed by atoms with E-state index in [-0.39, 0.29) is 28.1 Å². The van der Waals surface area contributed by atoms with Crippen molar-refractivity contribution in [1.82, 2.24) is 4.57 Å². The number of hydrogen-bond donors (Lipinski definition) is 0. The second kappa shape index (κ2) is 10.7. The van der Waals surface area contributed by atoms with Crippen molar-refractivity contribution in [3.05, 3.63) is 128 Å². The summed E-state index contributed by atoms with van der Waals surface area (Å²) in [4.78, 5) is 35.9. The van der Waals surface area contributed by atoms with Gasteiger partial charge < -0.3 is 9.30 Å². The van der Waals surface area contributed by atoms with Crippen molar-refractivity contribution in [2.24, 2.45) is 0 Å². The molecule has 3 aromatic carbocycles. The Kier molecular flexibility index (Phi) is 7.26. The van der Waals surface area contributed by atoms with Crippen LogP contribution < -0.4 is 4.74 Å². The summed E-state index contributed by atoms with van der Waals surface area (Å²) in [6.07, 6.45) is 1.41. The fourth-order valence-corrected chi connectivity index (χ4v) is 4.00. The molecule has 0 unspecified atom stereocenters. The van der Waals surface area contributed by atoms with Gasteiger partial charge in [0.2, 0.25) is 5.78 Å². The molecule has 8 nitrogen and oxygen atoms in total. The normalized spacial score (nSPS) is 11.1. The second-order valence-corrected chi connectivity index (χ2v) is 8.34. The molecule has 0 aliphatic heterocycles. The number of benzene rings is 3. The average molecular weight is 509 g/mol. The van der Waals surface area contributed by atoms with Crippen LogP contribution in [0.4, 0.5) is 10.1 Å². The fourth-order valence-electron chi connectivity index (χ4n) is 4.00. The number of aromatic nitrogens is 1. The Morgan fingerprint density at radius 2 is 1.74 bits per heavy atom. The number of para-hydroxylation sites is 1. The largest absolute Gasteiger partial charge is 0.423 e. The van der Waals surface area contributed by atoms with E-state index in [2.05, 4.69) is 0 Å². The van der Waals surface area contributed by atoms with Crippen LogP contribution in [0.2, 0.25) is 0 Å². The summed E-state index contributed by atoms with van der Waals surface area (Å²) >= 11 is 0. The third-order valence-corrected chi connectivity index (χ3v) is 5.83. The lowest BCUT2D eigenvalue weighted by Crippen LogP contribution is -2.08. The van der Waals surface area contributed by atoms with Crippen LogP contribution in [-0.2, 0) is 0 Å². The number of hydrogen-bond acceptors (Lipinski definition) is 6. The first kappa shape index (κ1) is 25.7. The van der Waals surface area contributed by atoms with Gasteiger partial charge in [0.25, 0.3) is 5.69 Å². The van der Waals surface area contributed by atoms with Crippen LogP contribution in [0.25, 0.3) is 11.8 Å². The fraction of sp³-hybridized carbons (Fsp3) is 0.0690. The quantitative estimate of drug-likeness (QED) is 0.0561. The standard InChI is InChI=1S/C29H20FN3O5/c1-18-14-25(19(2)32(18)27-9-4-3-8-26(27)30)28(34)22(17-31)15-20-10-12-24(13-11-20)38-29(35)21-6-5-7-23(16-21)33(36)37/h3-16H,1-2H3. The summed E-state index contributed by atoms with van der Waals surface area (Å²) in [5.41, 5.74) is 1.90. The minimum absolute atomic E-state index is 0.0218. The van der Waals surface area contributed by atoms with E-state index in [0.717, 1.165) is 6.07 Å². The van der Waals surface area contributed by atoms with Gasteiger partial charge in [0.05, 0.1) is 16.2 Å². The summed E-state index contributed by atoms with van der Waals surface area (Å²) < 4.78 is 21.3. The first-order chi connectivity index (χ1) is 18.2. The molecule has 0 radical (unpaired) electrons. The zero-order chi connectivity index (χ0) is 27.4. The summed E-state index contributed by atoms with van der Waals surface area (Å²) in [7, 11) is 0. The van der Waals surface area contributed by atoms with Crippen LogP contribution in [0.1, 0.15) is 37.7 Å². The maximum absolute atomic E-state index is 14.4. The summed E-state index contributed by atoms with van der Waals surface area (Å²) in [5.74, 6) is -1.54. The minimum Gasteiger partial charge on any atom is -0.423 e. The minimum atomic E-state index is -0.768. The lowest BCUT2D eigenvalue weighted by molar-refractivity contribution is -0.384. The molecule has 38 heavy (non-hydrogen) atoms. The summed E-state index contributed by atoms with van der Waals surface area (Å²) in [6, 6.07) is 21.0.